The third-order valence-electron chi connectivity index (χ3n) is 1.39. The lowest BCUT2D eigenvalue weighted by Crippen LogP contribution is -2.25. The Labute approximate surface area is 74.5 Å². The molecule has 3 nitrogen and oxygen atoms in total. The van der Waals surface area contributed by atoms with Crippen molar-refractivity contribution in [3.8, 4) is 0 Å². The summed E-state index contributed by atoms with van der Waals surface area (Å²) in [4.78, 5) is 11.0. The fourth-order valence-electron chi connectivity index (χ4n) is 0.764. The predicted molar refractivity (Wildman–Crippen MR) is 49.0 cm³/mol. The van der Waals surface area contributed by atoms with Gasteiger partial charge in [-0.25, -0.2) is 0 Å². The molecular formula is C9H19NO2. The molecule has 0 aliphatic heterocycles. The highest BCUT2D eigenvalue weighted by atomic mass is 16.5. The standard InChI is InChI=1S/C9H19NO2/c1-3-6-10-9(11)5-8-12-7-4-2/h3-8H2,1-2H3,(H,10,11). The van der Waals surface area contributed by atoms with Crippen LogP contribution in [0, 0.1) is 0 Å². The van der Waals surface area contributed by atoms with E-state index in [1.807, 2.05) is 6.92 Å². The number of hydrogen-bond donors (Lipinski definition) is 1. The van der Waals surface area contributed by atoms with E-state index in [1.165, 1.54) is 0 Å². The zero-order valence-corrected chi connectivity index (χ0v) is 8.06. The molecule has 0 fully saturated rings. The van der Waals surface area contributed by atoms with Gasteiger partial charge in [0.05, 0.1) is 6.61 Å². The van der Waals surface area contributed by atoms with Crippen LogP contribution in [0.4, 0.5) is 0 Å². The minimum atomic E-state index is 0.0907. The molecule has 12 heavy (non-hydrogen) atoms. The summed E-state index contributed by atoms with van der Waals surface area (Å²) < 4.78 is 5.17. The van der Waals surface area contributed by atoms with Gasteiger partial charge in [-0.3, -0.25) is 4.79 Å². The van der Waals surface area contributed by atoms with Crippen molar-refractivity contribution in [3.05, 3.63) is 0 Å². The van der Waals surface area contributed by atoms with Crippen LogP contribution in [-0.2, 0) is 9.53 Å². The number of carbonyl (C=O) groups is 1. The van der Waals surface area contributed by atoms with Gasteiger partial charge in [-0.15, -0.1) is 0 Å². The highest BCUT2D eigenvalue weighted by Crippen LogP contribution is 1.85. The van der Waals surface area contributed by atoms with E-state index in [9.17, 15) is 4.79 Å². The Balaban J connectivity index is 3.08. The molecule has 0 rings (SSSR count). The molecule has 72 valence electrons. The molecule has 0 bridgehead atoms. The summed E-state index contributed by atoms with van der Waals surface area (Å²) in [7, 11) is 0. The van der Waals surface area contributed by atoms with Gasteiger partial charge in [0.2, 0.25) is 5.91 Å². The van der Waals surface area contributed by atoms with Crippen LogP contribution in [0.15, 0.2) is 0 Å². The summed E-state index contributed by atoms with van der Waals surface area (Å²) in [5.74, 6) is 0.0907. The SMILES string of the molecule is CCCNC(=O)CCOCCC. The summed E-state index contributed by atoms with van der Waals surface area (Å²) in [6.45, 7) is 6.15. The van der Waals surface area contributed by atoms with Gasteiger partial charge < -0.3 is 10.1 Å². The smallest absolute Gasteiger partial charge is 0.222 e. The predicted octanol–water partition coefficient (Wildman–Crippen LogP) is 1.33. The Kier molecular flexibility index (Phi) is 8.12. The first-order valence-corrected chi connectivity index (χ1v) is 4.65. The Morgan fingerprint density at radius 3 is 2.58 bits per heavy atom. The first-order chi connectivity index (χ1) is 5.81. The summed E-state index contributed by atoms with van der Waals surface area (Å²) in [6, 6.07) is 0. The summed E-state index contributed by atoms with van der Waals surface area (Å²) in [5.41, 5.74) is 0. The second kappa shape index (κ2) is 8.53. The average Bonchev–Trinajstić information content (AvgIpc) is 2.09. The maximum Gasteiger partial charge on any atom is 0.222 e. The molecule has 0 radical (unpaired) electrons. The molecule has 3 heteroatoms. The molecule has 0 saturated heterocycles. The number of ether oxygens (including phenoxy) is 1. The van der Waals surface area contributed by atoms with Crippen LogP contribution < -0.4 is 5.32 Å². The Hall–Kier alpha value is -0.570. The molecule has 0 aliphatic rings. The van der Waals surface area contributed by atoms with Gasteiger partial charge in [-0.1, -0.05) is 13.8 Å². The van der Waals surface area contributed by atoms with Gasteiger partial charge in [0.25, 0.3) is 0 Å². The van der Waals surface area contributed by atoms with Crippen molar-refractivity contribution in [2.24, 2.45) is 0 Å². The summed E-state index contributed by atoms with van der Waals surface area (Å²) >= 11 is 0. The van der Waals surface area contributed by atoms with Crippen molar-refractivity contribution in [2.75, 3.05) is 19.8 Å². The Bertz CT molecular complexity index is 115. The third-order valence-corrected chi connectivity index (χ3v) is 1.39. The van der Waals surface area contributed by atoms with Crippen LogP contribution in [0.3, 0.4) is 0 Å². The molecule has 0 saturated carbocycles. The molecule has 0 spiro atoms. The highest BCUT2D eigenvalue weighted by molar-refractivity contribution is 5.75. The molecule has 0 heterocycles. The zero-order chi connectivity index (χ0) is 9.23. The highest BCUT2D eigenvalue weighted by Gasteiger charge is 1.98. The molecule has 0 unspecified atom stereocenters. The van der Waals surface area contributed by atoms with Gasteiger partial charge in [-0.05, 0) is 12.8 Å². The second-order valence-electron chi connectivity index (χ2n) is 2.71. The zero-order valence-electron chi connectivity index (χ0n) is 8.06. The van der Waals surface area contributed by atoms with E-state index in [-0.39, 0.29) is 5.91 Å². The van der Waals surface area contributed by atoms with E-state index >= 15 is 0 Å². The number of hydrogen-bond acceptors (Lipinski definition) is 2. The van der Waals surface area contributed by atoms with Crippen molar-refractivity contribution in [1.29, 1.82) is 0 Å². The number of carbonyl (C=O) groups excluding carboxylic acids is 1. The molecule has 0 aromatic rings. The molecule has 1 amide bonds. The van der Waals surface area contributed by atoms with E-state index < -0.39 is 0 Å². The normalized spacial score (nSPS) is 9.83. The van der Waals surface area contributed by atoms with E-state index in [0.29, 0.717) is 13.0 Å². The quantitative estimate of drug-likeness (QED) is 0.590. The van der Waals surface area contributed by atoms with E-state index in [1.54, 1.807) is 0 Å². The van der Waals surface area contributed by atoms with Gasteiger partial charge >= 0.3 is 0 Å². The third kappa shape index (κ3) is 7.54. The lowest BCUT2D eigenvalue weighted by molar-refractivity contribution is -0.122. The van der Waals surface area contributed by atoms with E-state index in [2.05, 4.69) is 12.2 Å². The van der Waals surface area contributed by atoms with Gasteiger partial charge in [0, 0.05) is 19.6 Å². The molecular weight excluding hydrogens is 154 g/mol. The minimum absolute atomic E-state index is 0.0907. The first kappa shape index (κ1) is 11.4. The van der Waals surface area contributed by atoms with Gasteiger partial charge in [0.15, 0.2) is 0 Å². The average molecular weight is 173 g/mol. The Morgan fingerprint density at radius 2 is 2.00 bits per heavy atom. The maximum atomic E-state index is 11.0. The maximum absolute atomic E-state index is 11.0. The molecule has 0 aromatic heterocycles. The van der Waals surface area contributed by atoms with Crippen LogP contribution in [0.25, 0.3) is 0 Å². The van der Waals surface area contributed by atoms with Crippen LogP contribution in [0.5, 0.6) is 0 Å². The van der Waals surface area contributed by atoms with Gasteiger partial charge in [0.1, 0.15) is 0 Å². The largest absolute Gasteiger partial charge is 0.381 e. The molecule has 0 aromatic carbocycles. The van der Waals surface area contributed by atoms with Gasteiger partial charge in [-0.2, -0.15) is 0 Å². The Morgan fingerprint density at radius 1 is 1.25 bits per heavy atom. The first-order valence-electron chi connectivity index (χ1n) is 4.65. The van der Waals surface area contributed by atoms with Crippen LogP contribution in [0.1, 0.15) is 33.1 Å². The lowest BCUT2D eigenvalue weighted by atomic mass is 10.4. The monoisotopic (exact) mass is 173 g/mol. The number of nitrogens with one attached hydrogen (secondary N) is 1. The molecule has 0 atom stereocenters. The second-order valence-corrected chi connectivity index (χ2v) is 2.71. The lowest BCUT2D eigenvalue weighted by Gasteiger charge is -2.03. The van der Waals surface area contributed by atoms with Crippen molar-refractivity contribution in [1.82, 2.24) is 5.32 Å². The summed E-state index contributed by atoms with van der Waals surface area (Å²) in [6.07, 6.45) is 2.48. The molecule has 1 N–H and O–H groups in total. The number of rotatable bonds is 7. The van der Waals surface area contributed by atoms with Crippen molar-refractivity contribution in [3.63, 3.8) is 0 Å². The number of amides is 1. The van der Waals surface area contributed by atoms with Crippen molar-refractivity contribution >= 4 is 5.91 Å². The van der Waals surface area contributed by atoms with Crippen molar-refractivity contribution in [2.45, 2.75) is 33.1 Å². The molecule has 0 aliphatic carbocycles. The van der Waals surface area contributed by atoms with E-state index in [0.717, 1.165) is 26.0 Å². The fourth-order valence-corrected chi connectivity index (χ4v) is 0.764. The topological polar surface area (TPSA) is 38.3 Å². The fraction of sp³-hybridized carbons (Fsp3) is 0.889. The van der Waals surface area contributed by atoms with Crippen LogP contribution >= 0.6 is 0 Å². The summed E-state index contributed by atoms with van der Waals surface area (Å²) in [5, 5.41) is 2.79. The van der Waals surface area contributed by atoms with Crippen LogP contribution in [0.2, 0.25) is 0 Å². The van der Waals surface area contributed by atoms with E-state index in [4.69, 9.17) is 4.74 Å². The minimum Gasteiger partial charge on any atom is -0.381 e. The van der Waals surface area contributed by atoms with Crippen LogP contribution in [-0.4, -0.2) is 25.7 Å². The van der Waals surface area contributed by atoms with Crippen molar-refractivity contribution < 1.29 is 9.53 Å².